The van der Waals surface area contributed by atoms with Crippen LogP contribution in [0.15, 0.2) is 12.1 Å². The third-order valence-electron chi connectivity index (χ3n) is 1.30. The molecule has 0 aliphatic rings. The van der Waals surface area contributed by atoms with Crippen molar-refractivity contribution in [2.24, 2.45) is 0 Å². The lowest BCUT2D eigenvalue weighted by molar-refractivity contribution is 0.405. The van der Waals surface area contributed by atoms with Crippen LogP contribution in [0.5, 0.6) is 0 Å². The zero-order chi connectivity index (χ0) is 9.30. The van der Waals surface area contributed by atoms with E-state index in [4.69, 9.17) is 11.6 Å². The van der Waals surface area contributed by atoms with Gasteiger partial charge in [-0.25, -0.2) is 17.6 Å². The Bertz CT molecular complexity index is 298. The first-order valence-electron chi connectivity index (χ1n) is 2.95. The molecule has 0 nitrogen and oxygen atoms in total. The highest BCUT2D eigenvalue weighted by molar-refractivity contribution is 6.19. The van der Waals surface area contributed by atoms with Crippen LogP contribution in [0.3, 0.4) is 0 Å². The molecule has 0 saturated heterocycles. The molecule has 0 heterocycles. The highest BCUT2D eigenvalue weighted by Crippen LogP contribution is 2.26. The van der Waals surface area contributed by atoms with E-state index in [2.05, 4.69) is 0 Å². The molecule has 0 aliphatic carbocycles. The molecule has 0 spiro atoms. The Morgan fingerprint density at radius 1 is 1.08 bits per heavy atom. The zero-order valence-electron chi connectivity index (χ0n) is 5.62. The number of alkyl halides is 2. The normalized spacial score (nSPS) is 13.1. The fraction of sp³-hybridized carbons (Fsp3) is 0.143. The minimum Gasteiger partial charge on any atom is -0.225 e. The Morgan fingerprint density at radius 3 is 2.17 bits per heavy atom. The fourth-order valence-electron chi connectivity index (χ4n) is 0.709. The summed E-state index contributed by atoms with van der Waals surface area (Å²) in [6, 6.07) is 1.37. The van der Waals surface area contributed by atoms with Crippen LogP contribution in [0.2, 0.25) is 0 Å². The summed E-state index contributed by atoms with van der Waals surface area (Å²) in [6.45, 7) is 0. The number of rotatable bonds is 1. The maximum atomic E-state index is 12.6. The van der Waals surface area contributed by atoms with Crippen molar-refractivity contribution in [2.75, 3.05) is 0 Å². The van der Waals surface area contributed by atoms with Crippen molar-refractivity contribution in [1.29, 1.82) is 0 Å². The highest BCUT2D eigenvalue weighted by atomic mass is 35.5. The quantitative estimate of drug-likeness (QED) is 0.369. The van der Waals surface area contributed by atoms with E-state index < -0.39 is 28.6 Å². The molecular formula is C7H3ClF4. The van der Waals surface area contributed by atoms with Gasteiger partial charge in [0.05, 0.1) is 0 Å². The van der Waals surface area contributed by atoms with Crippen molar-refractivity contribution < 1.29 is 17.6 Å². The van der Waals surface area contributed by atoms with Crippen molar-refractivity contribution >= 4 is 11.6 Å². The SMILES string of the molecule is Fc1ccc(C(F)Cl)c(F)c1F. The van der Waals surface area contributed by atoms with Gasteiger partial charge in [-0.2, -0.15) is 0 Å². The number of benzene rings is 1. The fourth-order valence-corrected chi connectivity index (χ4v) is 0.878. The van der Waals surface area contributed by atoms with Crippen molar-refractivity contribution in [3.05, 3.63) is 35.1 Å². The molecule has 0 saturated carbocycles. The van der Waals surface area contributed by atoms with Gasteiger partial charge in [0, 0.05) is 5.56 Å². The van der Waals surface area contributed by atoms with E-state index in [-0.39, 0.29) is 0 Å². The van der Waals surface area contributed by atoms with Crippen molar-refractivity contribution in [2.45, 2.75) is 5.63 Å². The van der Waals surface area contributed by atoms with Crippen molar-refractivity contribution in [3.63, 3.8) is 0 Å². The van der Waals surface area contributed by atoms with Gasteiger partial charge in [-0.15, -0.1) is 0 Å². The second-order valence-corrected chi connectivity index (χ2v) is 2.45. The van der Waals surface area contributed by atoms with Crippen LogP contribution in [0, 0.1) is 17.5 Å². The van der Waals surface area contributed by atoms with E-state index in [0.29, 0.717) is 6.07 Å². The maximum Gasteiger partial charge on any atom is 0.201 e. The first-order valence-corrected chi connectivity index (χ1v) is 3.39. The van der Waals surface area contributed by atoms with Gasteiger partial charge in [-0.05, 0) is 12.1 Å². The topological polar surface area (TPSA) is 0 Å². The molecule has 0 aliphatic heterocycles. The van der Waals surface area contributed by atoms with Gasteiger partial charge in [0.2, 0.25) is 5.63 Å². The maximum absolute atomic E-state index is 12.6. The van der Waals surface area contributed by atoms with Gasteiger partial charge in [-0.3, -0.25) is 0 Å². The molecule has 0 aromatic heterocycles. The Balaban J connectivity index is 3.27. The third kappa shape index (κ3) is 1.53. The molecule has 66 valence electrons. The molecule has 5 heteroatoms. The lowest BCUT2D eigenvalue weighted by atomic mass is 10.2. The van der Waals surface area contributed by atoms with Crippen LogP contribution in [-0.2, 0) is 0 Å². The highest BCUT2D eigenvalue weighted by Gasteiger charge is 2.18. The minimum atomic E-state index is -2.17. The predicted molar refractivity (Wildman–Crippen MR) is 36.0 cm³/mol. The molecule has 0 fully saturated rings. The van der Waals surface area contributed by atoms with Gasteiger partial charge < -0.3 is 0 Å². The van der Waals surface area contributed by atoms with Gasteiger partial charge >= 0.3 is 0 Å². The van der Waals surface area contributed by atoms with E-state index in [9.17, 15) is 17.6 Å². The Kier molecular flexibility index (Phi) is 2.57. The lowest BCUT2D eigenvalue weighted by Gasteiger charge is -2.02. The zero-order valence-corrected chi connectivity index (χ0v) is 6.38. The first-order chi connectivity index (χ1) is 5.54. The smallest absolute Gasteiger partial charge is 0.201 e. The lowest BCUT2D eigenvalue weighted by Crippen LogP contribution is -1.96. The molecule has 12 heavy (non-hydrogen) atoms. The Labute approximate surface area is 70.8 Å². The minimum absolute atomic E-state index is 0.614. The average molecular weight is 199 g/mol. The van der Waals surface area contributed by atoms with Gasteiger partial charge in [0.25, 0.3) is 0 Å². The molecular weight excluding hydrogens is 196 g/mol. The summed E-state index contributed by atoms with van der Waals surface area (Å²) >= 11 is 4.84. The monoisotopic (exact) mass is 198 g/mol. The van der Waals surface area contributed by atoms with Gasteiger partial charge in [-0.1, -0.05) is 11.6 Å². The largest absolute Gasteiger partial charge is 0.225 e. The van der Waals surface area contributed by atoms with Crippen LogP contribution in [0.4, 0.5) is 17.6 Å². The van der Waals surface area contributed by atoms with Crippen LogP contribution in [0.1, 0.15) is 11.2 Å². The molecule has 1 unspecified atom stereocenters. The standard InChI is InChI=1S/C7H3ClF4/c8-7(12)3-1-2-4(9)6(11)5(3)10/h1-2,7H. The molecule has 0 bridgehead atoms. The van der Waals surface area contributed by atoms with Crippen molar-refractivity contribution in [3.8, 4) is 0 Å². The summed E-state index contributed by atoms with van der Waals surface area (Å²) in [5.41, 5.74) is -2.87. The van der Waals surface area contributed by atoms with Gasteiger partial charge in [0.1, 0.15) is 0 Å². The van der Waals surface area contributed by atoms with Crippen LogP contribution in [0.25, 0.3) is 0 Å². The van der Waals surface area contributed by atoms with E-state index in [1.165, 1.54) is 0 Å². The van der Waals surface area contributed by atoms with Crippen LogP contribution < -0.4 is 0 Å². The molecule has 1 atom stereocenters. The first kappa shape index (κ1) is 9.32. The van der Waals surface area contributed by atoms with Gasteiger partial charge in [0.15, 0.2) is 17.5 Å². The number of halogens is 5. The summed E-state index contributed by atoms with van der Waals surface area (Å²) in [5.74, 6) is -4.66. The number of hydrogen-bond donors (Lipinski definition) is 0. The second kappa shape index (κ2) is 3.31. The summed E-state index contributed by atoms with van der Waals surface area (Å²) in [5, 5.41) is 0. The Morgan fingerprint density at radius 2 is 1.67 bits per heavy atom. The van der Waals surface area contributed by atoms with E-state index in [0.717, 1.165) is 6.07 Å². The van der Waals surface area contributed by atoms with Crippen molar-refractivity contribution in [1.82, 2.24) is 0 Å². The van der Waals surface area contributed by atoms with E-state index >= 15 is 0 Å². The molecule has 0 N–H and O–H groups in total. The van der Waals surface area contributed by atoms with Crippen LogP contribution in [-0.4, -0.2) is 0 Å². The Hall–Kier alpha value is -0.770. The summed E-state index contributed by atoms with van der Waals surface area (Å²) in [7, 11) is 0. The predicted octanol–water partition coefficient (Wildman–Crippen LogP) is 3.31. The molecule has 1 aromatic rings. The average Bonchev–Trinajstić information content (AvgIpc) is 2.00. The van der Waals surface area contributed by atoms with E-state index in [1.54, 1.807) is 0 Å². The molecule has 0 amide bonds. The van der Waals surface area contributed by atoms with Crippen LogP contribution >= 0.6 is 11.6 Å². The molecule has 1 rings (SSSR count). The number of hydrogen-bond acceptors (Lipinski definition) is 0. The molecule has 0 radical (unpaired) electrons. The molecule has 1 aromatic carbocycles. The second-order valence-electron chi connectivity index (χ2n) is 2.07. The summed E-state index contributed by atoms with van der Waals surface area (Å²) < 4.78 is 49.4. The summed E-state index contributed by atoms with van der Waals surface area (Å²) in [4.78, 5) is 0. The summed E-state index contributed by atoms with van der Waals surface area (Å²) in [6.07, 6.45) is 0. The van der Waals surface area contributed by atoms with E-state index in [1.807, 2.05) is 0 Å². The third-order valence-corrected chi connectivity index (χ3v) is 1.54.